The number of nitrogens with one attached hydrogen (secondary N) is 1. The van der Waals surface area contributed by atoms with Crippen molar-refractivity contribution in [2.24, 2.45) is 0 Å². The molecule has 1 fully saturated rings. The summed E-state index contributed by atoms with van der Waals surface area (Å²) in [6, 6.07) is 3.75. The van der Waals surface area contributed by atoms with Crippen molar-refractivity contribution in [3.63, 3.8) is 0 Å². The average Bonchev–Trinajstić information content (AvgIpc) is 3.19. The smallest absolute Gasteiger partial charge is 0.232 e. The highest BCUT2D eigenvalue weighted by molar-refractivity contribution is 7.15. The van der Waals surface area contributed by atoms with E-state index in [9.17, 15) is 4.79 Å². The molecule has 1 amide bonds. The number of hydrogen-bond acceptors (Lipinski definition) is 6. The maximum atomic E-state index is 12.3. The van der Waals surface area contributed by atoms with E-state index in [1.807, 2.05) is 19.1 Å². The molecule has 0 radical (unpaired) electrons. The number of nitrogens with zero attached hydrogens (tertiary/aromatic N) is 2. The highest BCUT2D eigenvalue weighted by Crippen LogP contribution is 2.25. The lowest BCUT2D eigenvalue weighted by Gasteiger charge is -2.15. The SMILES string of the molecule is COCc1cc(OC2CCCC2)cc(CC(=O)Nc2ncc(C)s2)n1. The number of carbonyl (C=O) groups excluding carboxylic acids is 1. The van der Waals surface area contributed by atoms with Gasteiger partial charge in [0, 0.05) is 30.3 Å². The largest absolute Gasteiger partial charge is 0.490 e. The molecule has 0 atom stereocenters. The van der Waals surface area contributed by atoms with Gasteiger partial charge in [0.05, 0.1) is 30.5 Å². The van der Waals surface area contributed by atoms with Crippen LogP contribution in [0.25, 0.3) is 0 Å². The molecule has 0 unspecified atom stereocenters. The lowest BCUT2D eigenvalue weighted by molar-refractivity contribution is -0.115. The highest BCUT2D eigenvalue weighted by Gasteiger charge is 2.18. The van der Waals surface area contributed by atoms with Crippen molar-refractivity contribution in [2.45, 2.75) is 51.7 Å². The molecule has 3 rings (SSSR count). The molecule has 0 bridgehead atoms. The molecule has 0 aromatic carbocycles. The van der Waals surface area contributed by atoms with Gasteiger partial charge in [-0.15, -0.1) is 11.3 Å². The molecule has 0 spiro atoms. The first-order valence-corrected chi connectivity index (χ1v) is 9.32. The first-order valence-electron chi connectivity index (χ1n) is 8.50. The fourth-order valence-electron chi connectivity index (χ4n) is 2.94. The van der Waals surface area contributed by atoms with Crippen LogP contribution in [0.15, 0.2) is 18.3 Å². The second-order valence-corrected chi connectivity index (χ2v) is 7.48. The average molecular weight is 361 g/mol. The van der Waals surface area contributed by atoms with Crippen molar-refractivity contribution in [3.8, 4) is 5.75 Å². The normalized spacial score (nSPS) is 14.6. The number of amides is 1. The van der Waals surface area contributed by atoms with Crippen LogP contribution in [-0.4, -0.2) is 29.1 Å². The zero-order valence-corrected chi connectivity index (χ0v) is 15.4. The van der Waals surface area contributed by atoms with Crippen LogP contribution in [0.4, 0.5) is 5.13 Å². The Morgan fingerprint density at radius 1 is 1.32 bits per heavy atom. The number of carbonyl (C=O) groups is 1. The maximum absolute atomic E-state index is 12.3. The number of methoxy groups -OCH3 is 1. The summed E-state index contributed by atoms with van der Waals surface area (Å²) < 4.78 is 11.3. The number of anilines is 1. The van der Waals surface area contributed by atoms with Gasteiger partial charge >= 0.3 is 0 Å². The Morgan fingerprint density at radius 3 is 2.76 bits per heavy atom. The summed E-state index contributed by atoms with van der Waals surface area (Å²) in [6.45, 7) is 2.35. The number of thiazole rings is 1. The molecule has 134 valence electrons. The van der Waals surface area contributed by atoms with Crippen LogP contribution in [0.1, 0.15) is 41.9 Å². The molecular formula is C18H23N3O3S. The van der Waals surface area contributed by atoms with E-state index in [0.29, 0.717) is 17.4 Å². The van der Waals surface area contributed by atoms with Gasteiger partial charge in [-0.3, -0.25) is 9.78 Å². The van der Waals surface area contributed by atoms with Gasteiger partial charge in [0.1, 0.15) is 5.75 Å². The monoisotopic (exact) mass is 361 g/mol. The van der Waals surface area contributed by atoms with Crippen LogP contribution in [0.5, 0.6) is 5.75 Å². The number of pyridine rings is 1. The molecule has 1 aliphatic carbocycles. The quantitative estimate of drug-likeness (QED) is 0.817. The van der Waals surface area contributed by atoms with Crippen molar-refractivity contribution in [3.05, 3.63) is 34.6 Å². The fourth-order valence-corrected chi connectivity index (χ4v) is 3.62. The highest BCUT2D eigenvalue weighted by atomic mass is 32.1. The molecule has 2 aromatic heterocycles. The number of rotatable bonds is 7. The zero-order chi connectivity index (χ0) is 17.6. The van der Waals surface area contributed by atoms with Gasteiger partial charge in [-0.2, -0.15) is 0 Å². The van der Waals surface area contributed by atoms with E-state index < -0.39 is 0 Å². The van der Waals surface area contributed by atoms with E-state index in [-0.39, 0.29) is 18.4 Å². The van der Waals surface area contributed by atoms with Crippen LogP contribution >= 0.6 is 11.3 Å². The van der Waals surface area contributed by atoms with E-state index in [2.05, 4.69) is 15.3 Å². The molecule has 1 N–H and O–H groups in total. The van der Waals surface area contributed by atoms with Gasteiger partial charge in [0.25, 0.3) is 0 Å². The molecule has 25 heavy (non-hydrogen) atoms. The van der Waals surface area contributed by atoms with Crippen molar-refractivity contribution < 1.29 is 14.3 Å². The molecule has 2 aromatic rings. The predicted octanol–water partition coefficient (Wildman–Crippen LogP) is 3.50. The van der Waals surface area contributed by atoms with Gasteiger partial charge in [0.15, 0.2) is 5.13 Å². The Bertz CT molecular complexity index is 726. The van der Waals surface area contributed by atoms with Crippen molar-refractivity contribution in [2.75, 3.05) is 12.4 Å². The number of ether oxygens (including phenoxy) is 2. The lowest BCUT2D eigenvalue weighted by atomic mass is 10.2. The summed E-state index contributed by atoms with van der Waals surface area (Å²) in [5.41, 5.74) is 1.44. The molecule has 0 saturated heterocycles. The Hall–Kier alpha value is -1.99. The Kier molecular flexibility index (Phi) is 5.99. The minimum Gasteiger partial charge on any atom is -0.490 e. The molecule has 2 heterocycles. The Morgan fingerprint density at radius 2 is 2.08 bits per heavy atom. The van der Waals surface area contributed by atoms with E-state index in [4.69, 9.17) is 9.47 Å². The summed E-state index contributed by atoms with van der Waals surface area (Å²) in [4.78, 5) is 22.0. The summed E-state index contributed by atoms with van der Waals surface area (Å²) in [5.74, 6) is 0.630. The van der Waals surface area contributed by atoms with Crippen LogP contribution in [-0.2, 0) is 22.6 Å². The minimum absolute atomic E-state index is 0.136. The fraction of sp³-hybridized carbons (Fsp3) is 0.500. The van der Waals surface area contributed by atoms with E-state index >= 15 is 0 Å². The van der Waals surface area contributed by atoms with Crippen molar-refractivity contribution in [1.82, 2.24) is 9.97 Å². The number of aromatic nitrogens is 2. The van der Waals surface area contributed by atoms with Gasteiger partial charge in [-0.1, -0.05) is 0 Å². The predicted molar refractivity (Wildman–Crippen MR) is 97.0 cm³/mol. The van der Waals surface area contributed by atoms with Gasteiger partial charge in [-0.25, -0.2) is 4.98 Å². The Balaban J connectivity index is 1.69. The third-order valence-corrected chi connectivity index (χ3v) is 4.84. The summed E-state index contributed by atoms with van der Waals surface area (Å²) >= 11 is 1.45. The van der Waals surface area contributed by atoms with E-state index in [0.717, 1.165) is 29.2 Å². The van der Waals surface area contributed by atoms with Crippen molar-refractivity contribution >= 4 is 22.4 Å². The van der Waals surface area contributed by atoms with Crippen molar-refractivity contribution in [1.29, 1.82) is 0 Å². The zero-order valence-electron chi connectivity index (χ0n) is 14.6. The van der Waals surface area contributed by atoms with Gasteiger partial charge in [0.2, 0.25) is 5.91 Å². The molecular weight excluding hydrogens is 338 g/mol. The molecule has 1 saturated carbocycles. The standard InChI is InChI=1S/C18H23N3O3S/c1-12-10-19-18(25-12)21-17(22)9-13-7-16(8-14(20-13)11-23-2)24-15-5-3-4-6-15/h7-8,10,15H,3-6,9,11H2,1-2H3,(H,19,21,22). The second-order valence-electron chi connectivity index (χ2n) is 6.24. The molecule has 0 aliphatic heterocycles. The summed E-state index contributed by atoms with van der Waals surface area (Å²) in [6.07, 6.45) is 6.77. The van der Waals surface area contributed by atoms with Crippen LogP contribution in [0.3, 0.4) is 0 Å². The van der Waals surface area contributed by atoms with E-state index in [1.54, 1.807) is 13.3 Å². The van der Waals surface area contributed by atoms with E-state index in [1.165, 1.54) is 24.2 Å². The second kappa shape index (κ2) is 8.40. The maximum Gasteiger partial charge on any atom is 0.232 e. The van der Waals surface area contributed by atoms with Gasteiger partial charge in [-0.05, 0) is 32.6 Å². The lowest BCUT2D eigenvalue weighted by Crippen LogP contribution is -2.16. The molecule has 7 heteroatoms. The number of hydrogen-bond donors (Lipinski definition) is 1. The van der Waals surface area contributed by atoms with Crippen LogP contribution < -0.4 is 10.1 Å². The van der Waals surface area contributed by atoms with Crippen LogP contribution in [0, 0.1) is 6.92 Å². The Labute approximate surface area is 151 Å². The summed E-state index contributed by atoms with van der Waals surface area (Å²) in [5, 5.41) is 3.42. The van der Waals surface area contributed by atoms with Crippen LogP contribution in [0.2, 0.25) is 0 Å². The first kappa shape index (κ1) is 17.8. The number of aryl methyl sites for hydroxylation is 1. The van der Waals surface area contributed by atoms with Gasteiger partial charge < -0.3 is 14.8 Å². The third-order valence-electron chi connectivity index (χ3n) is 4.01. The summed E-state index contributed by atoms with van der Waals surface area (Å²) in [7, 11) is 1.63. The first-order chi connectivity index (χ1) is 12.1. The molecule has 6 nitrogen and oxygen atoms in total. The minimum atomic E-state index is -0.136. The molecule has 1 aliphatic rings. The third kappa shape index (κ3) is 5.24. The topological polar surface area (TPSA) is 73.3 Å².